The van der Waals surface area contributed by atoms with Gasteiger partial charge in [0.25, 0.3) is 0 Å². The fourth-order valence-corrected chi connectivity index (χ4v) is 2.58. The summed E-state index contributed by atoms with van der Waals surface area (Å²) in [6, 6.07) is 0. The Balaban J connectivity index is 1.79. The fourth-order valence-electron chi connectivity index (χ4n) is 2.58. The molecule has 0 atom stereocenters. The highest BCUT2D eigenvalue weighted by Crippen LogP contribution is 2.18. The topological polar surface area (TPSA) is 26.8 Å². The molecule has 4 nitrogen and oxygen atoms in total. The van der Waals surface area contributed by atoms with Crippen molar-refractivity contribution in [3.63, 3.8) is 0 Å². The number of likely N-dealkylation sites (N-methyl/N-ethyl adjacent to an activating group) is 1. The maximum absolute atomic E-state index is 11.8. The molecule has 0 aromatic heterocycles. The smallest absolute Gasteiger partial charge is 0.236 e. The Bertz CT molecular complexity index is 249. The first-order chi connectivity index (χ1) is 7.65. The first-order valence-corrected chi connectivity index (χ1v) is 6.30. The number of nitrogens with zero attached hydrogens (tertiary/aromatic N) is 3. The largest absolute Gasteiger partial charge is 0.340 e. The van der Waals surface area contributed by atoms with Crippen LogP contribution >= 0.6 is 0 Å². The quantitative estimate of drug-likeness (QED) is 0.667. The summed E-state index contributed by atoms with van der Waals surface area (Å²) in [6.45, 7) is 5.91. The summed E-state index contributed by atoms with van der Waals surface area (Å²) < 4.78 is 0. The van der Waals surface area contributed by atoms with Gasteiger partial charge in [0.15, 0.2) is 0 Å². The number of piperazine rings is 1. The molecule has 0 N–H and O–H groups in total. The van der Waals surface area contributed by atoms with Gasteiger partial charge in [0, 0.05) is 19.6 Å². The van der Waals surface area contributed by atoms with Crippen LogP contribution in [-0.2, 0) is 4.79 Å². The number of carbonyl (C=O) groups excluding carboxylic acids is 1. The first-order valence-electron chi connectivity index (χ1n) is 6.30. The van der Waals surface area contributed by atoms with Crippen molar-refractivity contribution in [3.8, 4) is 0 Å². The van der Waals surface area contributed by atoms with Crippen LogP contribution in [0.1, 0.15) is 12.8 Å². The maximum Gasteiger partial charge on any atom is 0.236 e. The highest BCUT2D eigenvalue weighted by Gasteiger charge is 2.25. The Kier molecular flexibility index (Phi) is 3.82. The zero-order chi connectivity index (χ0) is 11.5. The van der Waals surface area contributed by atoms with Crippen LogP contribution in [0.3, 0.4) is 0 Å². The van der Waals surface area contributed by atoms with Gasteiger partial charge in [0.1, 0.15) is 0 Å². The number of hydrogen-bond donors (Lipinski definition) is 0. The van der Waals surface area contributed by atoms with Gasteiger partial charge in [-0.3, -0.25) is 9.69 Å². The molecule has 0 aliphatic carbocycles. The molecule has 1 amide bonds. The van der Waals surface area contributed by atoms with Gasteiger partial charge < -0.3 is 9.80 Å². The van der Waals surface area contributed by atoms with E-state index in [1.165, 1.54) is 25.9 Å². The van der Waals surface area contributed by atoms with E-state index in [-0.39, 0.29) is 0 Å². The van der Waals surface area contributed by atoms with E-state index in [2.05, 4.69) is 21.7 Å². The van der Waals surface area contributed by atoms with Crippen molar-refractivity contribution in [3.05, 3.63) is 0 Å². The normalized spacial score (nSPS) is 26.4. The molecule has 2 aliphatic heterocycles. The van der Waals surface area contributed by atoms with Crippen LogP contribution in [0.4, 0.5) is 0 Å². The van der Waals surface area contributed by atoms with Crippen molar-refractivity contribution in [2.24, 2.45) is 5.92 Å². The third-order valence-corrected chi connectivity index (χ3v) is 3.83. The lowest BCUT2D eigenvalue weighted by Gasteiger charge is -2.37. The SMILES string of the molecule is CN1CCC(CN2CCN(C)CC2=O)CC1. The average Bonchev–Trinajstić information content (AvgIpc) is 2.25. The molecule has 0 saturated carbocycles. The van der Waals surface area contributed by atoms with E-state index in [0.717, 1.165) is 25.6 Å². The lowest BCUT2D eigenvalue weighted by molar-refractivity contribution is -0.136. The molecule has 0 radical (unpaired) electrons. The molecule has 2 rings (SSSR count). The van der Waals surface area contributed by atoms with Crippen LogP contribution in [0.5, 0.6) is 0 Å². The summed E-state index contributed by atoms with van der Waals surface area (Å²) in [5, 5.41) is 0. The predicted molar refractivity (Wildman–Crippen MR) is 64.3 cm³/mol. The molecular formula is C12H23N3O. The lowest BCUT2D eigenvalue weighted by atomic mass is 9.96. The van der Waals surface area contributed by atoms with Crippen molar-refractivity contribution in [1.82, 2.24) is 14.7 Å². The van der Waals surface area contributed by atoms with Crippen molar-refractivity contribution >= 4 is 5.91 Å². The fraction of sp³-hybridized carbons (Fsp3) is 0.917. The number of piperidine rings is 1. The molecule has 0 unspecified atom stereocenters. The number of hydrogen-bond acceptors (Lipinski definition) is 3. The maximum atomic E-state index is 11.8. The van der Waals surface area contributed by atoms with Crippen molar-refractivity contribution in [1.29, 1.82) is 0 Å². The van der Waals surface area contributed by atoms with Crippen molar-refractivity contribution in [2.75, 3.05) is 53.4 Å². The standard InChI is InChI=1S/C12H23N3O/c1-13-5-3-11(4-6-13)9-15-8-7-14(2)10-12(15)16/h11H,3-10H2,1-2H3. The molecular weight excluding hydrogens is 202 g/mol. The minimum atomic E-state index is 0.313. The Labute approximate surface area is 98.2 Å². The lowest BCUT2D eigenvalue weighted by Crippen LogP contribution is -2.50. The zero-order valence-corrected chi connectivity index (χ0v) is 10.5. The number of amides is 1. The van der Waals surface area contributed by atoms with Gasteiger partial charge >= 0.3 is 0 Å². The molecule has 0 aromatic carbocycles. The van der Waals surface area contributed by atoms with Crippen molar-refractivity contribution in [2.45, 2.75) is 12.8 Å². The van der Waals surface area contributed by atoms with Crippen LogP contribution in [0, 0.1) is 5.92 Å². The van der Waals surface area contributed by atoms with E-state index in [9.17, 15) is 4.79 Å². The highest BCUT2D eigenvalue weighted by atomic mass is 16.2. The zero-order valence-electron chi connectivity index (χ0n) is 10.5. The monoisotopic (exact) mass is 225 g/mol. The van der Waals surface area contributed by atoms with E-state index < -0.39 is 0 Å². The summed E-state index contributed by atoms with van der Waals surface area (Å²) in [7, 11) is 4.20. The molecule has 2 fully saturated rings. The van der Waals surface area contributed by atoms with Gasteiger partial charge in [0.05, 0.1) is 6.54 Å². The van der Waals surface area contributed by atoms with Gasteiger partial charge in [-0.1, -0.05) is 0 Å². The van der Waals surface area contributed by atoms with Gasteiger partial charge in [-0.2, -0.15) is 0 Å². The molecule has 0 aromatic rings. The minimum absolute atomic E-state index is 0.313. The van der Waals surface area contributed by atoms with E-state index >= 15 is 0 Å². The second kappa shape index (κ2) is 5.15. The molecule has 16 heavy (non-hydrogen) atoms. The van der Waals surface area contributed by atoms with Gasteiger partial charge in [-0.25, -0.2) is 0 Å². The van der Waals surface area contributed by atoms with Gasteiger partial charge in [0.2, 0.25) is 5.91 Å². The molecule has 2 heterocycles. The molecule has 4 heteroatoms. The Morgan fingerprint density at radius 2 is 1.75 bits per heavy atom. The van der Waals surface area contributed by atoms with E-state index in [0.29, 0.717) is 12.5 Å². The Hall–Kier alpha value is -0.610. The summed E-state index contributed by atoms with van der Waals surface area (Å²) >= 11 is 0. The Morgan fingerprint density at radius 3 is 2.38 bits per heavy atom. The first kappa shape index (κ1) is 11.9. The van der Waals surface area contributed by atoms with Gasteiger partial charge in [-0.15, -0.1) is 0 Å². The van der Waals surface area contributed by atoms with Crippen LogP contribution in [0.2, 0.25) is 0 Å². The molecule has 0 bridgehead atoms. The third kappa shape index (κ3) is 2.95. The van der Waals surface area contributed by atoms with E-state index in [1.807, 2.05) is 7.05 Å². The average molecular weight is 225 g/mol. The van der Waals surface area contributed by atoms with Gasteiger partial charge in [-0.05, 0) is 45.9 Å². The highest BCUT2D eigenvalue weighted by molar-refractivity contribution is 5.78. The predicted octanol–water partition coefficient (Wildman–Crippen LogP) is 0.102. The number of likely N-dealkylation sites (tertiary alicyclic amines) is 1. The summed E-state index contributed by atoms with van der Waals surface area (Å²) in [6.07, 6.45) is 2.49. The van der Waals surface area contributed by atoms with E-state index in [4.69, 9.17) is 0 Å². The second-order valence-electron chi connectivity index (χ2n) is 5.32. The summed E-state index contributed by atoms with van der Waals surface area (Å²) in [4.78, 5) is 18.4. The molecule has 0 spiro atoms. The minimum Gasteiger partial charge on any atom is -0.340 e. The van der Waals surface area contributed by atoms with Crippen LogP contribution < -0.4 is 0 Å². The van der Waals surface area contributed by atoms with Crippen LogP contribution in [0.25, 0.3) is 0 Å². The van der Waals surface area contributed by atoms with Crippen molar-refractivity contribution < 1.29 is 4.79 Å². The van der Waals surface area contributed by atoms with E-state index in [1.54, 1.807) is 0 Å². The third-order valence-electron chi connectivity index (χ3n) is 3.83. The Morgan fingerprint density at radius 1 is 1.06 bits per heavy atom. The molecule has 2 saturated heterocycles. The van der Waals surface area contributed by atoms with Crippen LogP contribution in [0.15, 0.2) is 0 Å². The molecule has 2 aliphatic rings. The van der Waals surface area contributed by atoms with Crippen LogP contribution in [-0.4, -0.2) is 74.0 Å². The number of carbonyl (C=O) groups is 1. The molecule has 92 valence electrons. The summed E-state index contributed by atoms with van der Waals surface area (Å²) in [5.41, 5.74) is 0. The number of rotatable bonds is 2. The second-order valence-corrected chi connectivity index (χ2v) is 5.32. The summed E-state index contributed by atoms with van der Waals surface area (Å²) in [5.74, 6) is 1.04.